The summed E-state index contributed by atoms with van der Waals surface area (Å²) in [5, 5.41) is 0. The normalized spacial score (nSPS) is 12.9. The van der Waals surface area contributed by atoms with E-state index in [1.807, 2.05) is 12.1 Å². The first kappa shape index (κ1) is 14.3. The standard InChI is InChI=1S/C15H18BrN3O2/c1-3-5-19-12(4-2)18-13(15(19)17)9-6-10(16)14-11(7-9)20-8-21-14/h6-7H,3-5,8,17H2,1-2H3. The van der Waals surface area contributed by atoms with Crippen LogP contribution in [0.5, 0.6) is 11.5 Å². The molecule has 2 N–H and O–H groups in total. The first-order valence-corrected chi connectivity index (χ1v) is 7.89. The lowest BCUT2D eigenvalue weighted by atomic mass is 10.1. The molecule has 2 aromatic rings. The van der Waals surface area contributed by atoms with Crippen LogP contribution in [0.1, 0.15) is 26.1 Å². The van der Waals surface area contributed by atoms with E-state index in [2.05, 4.69) is 34.3 Å². The minimum Gasteiger partial charge on any atom is -0.454 e. The third-order valence-corrected chi connectivity index (χ3v) is 4.14. The minimum absolute atomic E-state index is 0.247. The van der Waals surface area contributed by atoms with E-state index in [9.17, 15) is 0 Å². The average Bonchev–Trinajstić information content (AvgIpc) is 3.05. The number of aromatic nitrogens is 2. The van der Waals surface area contributed by atoms with Crippen LogP contribution in [0, 0.1) is 0 Å². The van der Waals surface area contributed by atoms with Crippen molar-refractivity contribution in [3.63, 3.8) is 0 Å². The van der Waals surface area contributed by atoms with Gasteiger partial charge >= 0.3 is 0 Å². The second kappa shape index (κ2) is 5.60. The van der Waals surface area contributed by atoms with Gasteiger partial charge in [0.15, 0.2) is 11.5 Å². The number of halogens is 1. The summed E-state index contributed by atoms with van der Waals surface area (Å²) in [7, 11) is 0. The Kier molecular flexibility index (Phi) is 3.80. The number of nitrogens with zero attached hydrogens (tertiary/aromatic N) is 2. The van der Waals surface area contributed by atoms with Crippen LogP contribution in [0.3, 0.4) is 0 Å². The molecule has 0 fully saturated rings. The Morgan fingerprint density at radius 1 is 1.33 bits per heavy atom. The highest BCUT2D eigenvalue weighted by Crippen LogP contribution is 2.43. The average molecular weight is 352 g/mol. The van der Waals surface area contributed by atoms with Crippen LogP contribution in [0.2, 0.25) is 0 Å². The molecule has 1 aromatic heterocycles. The second-order valence-corrected chi connectivity index (χ2v) is 5.81. The highest BCUT2D eigenvalue weighted by Gasteiger charge is 2.21. The number of benzene rings is 1. The molecule has 1 aliphatic heterocycles. The fraction of sp³-hybridized carbons (Fsp3) is 0.400. The summed E-state index contributed by atoms with van der Waals surface area (Å²) in [4.78, 5) is 4.70. The molecule has 21 heavy (non-hydrogen) atoms. The molecule has 0 spiro atoms. The monoisotopic (exact) mass is 351 g/mol. The summed E-state index contributed by atoms with van der Waals surface area (Å²) >= 11 is 3.51. The van der Waals surface area contributed by atoms with Crippen molar-refractivity contribution in [2.24, 2.45) is 0 Å². The van der Waals surface area contributed by atoms with E-state index in [1.165, 1.54) is 0 Å². The number of fused-ring (bicyclic) bond motifs is 1. The smallest absolute Gasteiger partial charge is 0.231 e. The van der Waals surface area contributed by atoms with Crippen LogP contribution < -0.4 is 15.2 Å². The first-order chi connectivity index (χ1) is 10.2. The van der Waals surface area contributed by atoms with Crippen LogP contribution >= 0.6 is 15.9 Å². The Hall–Kier alpha value is -1.69. The Bertz CT molecular complexity index is 682. The molecule has 2 heterocycles. The van der Waals surface area contributed by atoms with Gasteiger partial charge in [-0.05, 0) is 34.5 Å². The maximum Gasteiger partial charge on any atom is 0.231 e. The van der Waals surface area contributed by atoms with E-state index >= 15 is 0 Å². The maximum absolute atomic E-state index is 6.31. The van der Waals surface area contributed by atoms with E-state index in [4.69, 9.17) is 20.2 Å². The second-order valence-electron chi connectivity index (χ2n) is 4.96. The van der Waals surface area contributed by atoms with Crippen molar-refractivity contribution in [1.29, 1.82) is 0 Å². The predicted octanol–water partition coefficient (Wildman–Crippen LogP) is 3.60. The van der Waals surface area contributed by atoms with E-state index in [0.29, 0.717) is 5.82 Å². The number of hydrogen-bond acceptors (Lipinski definition) is 4. The number of ether oxygens (including phenoxy) is 2. The lowest BCUT2D eigenvalue weighted by Crippen LogP contribution is -2.06. The molecule has 5 nitrogen and oxygen atoms in total. The van der Waals surface area contributed by atoms with Crippen LogP contribution in [-0.2, 0) is 13.0 Å². The quantitative estimate of drug-likeness (QED) is 0.913. The lowest BCUT2D eigenvalue weighted by molar-refractivity contribution is 0.173. The molecule has 1 aliphatic rings. The largest absolute Gasteiger partial charge is 0.454 e. The highest BCUT2D eigenvalue weighted by molar-refractivity contribution is 9.10. The van der Waals surface area contributed by atoms with E-state index < -0.39 is 0 Å². The summed E-state index contributed by atoms with van der Waals surface area (Å²) < 4.78 is 13.8. The number of rotatable bonds is 4. The van der Waals surface area contributed by atoms with Gasteiger partial charge in [-0.2, -0.15) is 0 Å². The molecule has 1 aromatic carbocycles. The Morgan fingerprint density at radius 2 is 2.14 bits per heavy atom. The van der Waals surface area contributed by atoms with Gasteiger partial charge in [-0.15, -0.1) is 0 Å². The molecule has 6 heteroatoms. The van der Waals surface area contributed by atoms with Crippen molar-refractivity contribution >= 4 is 21.7 Å². The van der Waals surface area contributed by atoms with Crippen molar-refractivity contribution in [3.8, 4) is 22.8 Å². The van der Waals surface area contributed by atoms with Crippen molar-refractivity contribution in [2.75, 3.05) is 12.5 Å². The number of hydrogen-bond donors (Lipinski definition) is 1. The zero-order valence-corrected chi connectivity index (χ0v) is 13.7. The Labute approximate surface area is 132 Å². The van der Waals surface area contributed by atoms with Crippen molar-refractivity contribution in [3.05, 3.63) is 22.4 Å². The fourth-order valence-corrected chi connectivity index (χ4v) is 3.13. The van der Waals surface area contributed by atoms with Gasteiger partial charge in [0, 0.05) is 18.5 Å². The predicted molar refractivity (Wildman–Crippen MR) is 85.6 cm³/mol. The van der Waals surface area contributed by atoms with Gasteiger partial charge in [0.25, 0.3) is 0 Å². The molecule has 0 saturated heterocycles. The molecule has 0 amide bonds. The van der Waals surface area contributed by atoms with Gasteiger partial charge in [0.2, 0.25) is 6.79 Å². The number of imidazole rings is 1. The minimum atomic E-state index is 0.247. The molecule has 112 valence electrons. The van der Waals surface area contributed by atoms with E-state index in [0.717, 1.165) is 52.4 Å². The first-order valence-electron chi connectivity index (χ1n) is 7.10. The van der Waals surface area contributed by atoms with Crippen LogP contribution in [0.15, 0.2) is 16.6 Å². The molecular formula is C15H18BrN3O2. The van der Waals surface area contributed by atoms with Crippen LogP contribution in [-0.4, -0.2) is 16.3 Å². The number of nitrogens with two attached hydrogens (primary N) is 1. The molecular weight excluding hydrogens is 334 g/mol. The molecule has 0 aliphatic carbocycles. The van der Waals surface area contributed by atoms with Gasteiger partial charge in [-0.1, -0.05) is 13.8 Å². The van der Waals surface area contributed by atoms with E-state index in [-0.39, 0.29) is 6.79 Å². The third kappa shape index (κ3) is 2.37. The zero-order chi connectivity index (χ0) is 15.0. The topological polar surface area (TPSA) is 62.3 Å². The van der Waals surface area contributed by atoms with E-state index in [1.54, 1.807) is 0 Å². The van der Waals surface area contributed by atoms with Crippen molar-refractivity contribution in [1.82, 2.24) is 9.55 Å². The summed E-state index contributed by atoms with van der Waals surface area (Å²) in [5.74, 6) is 3.18. The molecule has 0 bridgehead atoms. The highest BCUT2D eigenvalue weighted by atomic mass is 79.9. The SMILES string of the molecule is CCCn1c(CC)nc(-c2cc(Br)c3c(c2)OCO3)c1N. The summed E-state index contributed by atoms with van der Waals surface area (Å²) in [6, 6.07) is 3.91. The zero-order valence-electron chi connectivity index (χ0n) is 12.1. The maximum atomic E-state index is 6.31. The summed E-state index contributed by atoms with van der Waals surface area (Å²) in [6.07, 6.45) is 1.88. The molecule has 0 saturated carbocycles. The lowest BCUT2D eigenvalue weighted by Gasteiger charge is -2.07. The molecule has 0 radical (unpaired) electrons. The Morgan fingerprint density at radius 3 is 2.86 bits per heavy atom. The van der Waals surface area contributed by atoms with Crippen molar-refractivity contribution < 1.29 is 9.47 Å². The summed E-state index contributed by atoms with van der Waals surface area (Å²) in [6.45, 7) is 5.36. The Balaban J connectivity index is 2.11. The van der Waals surface area contributed by atoms with Crippen LogP contribution in [0.4, 0.5) is 5.82 Å². The number of aryl methyl sites for hydroxylation is 1. The number of anilines is 1. The van der Waals surface area contributed by atoms with Gasteiger partial charge in [-0.25, -0.2) is 4.98 Å². The van der Waals surface area contributed by atoms with Gasteiger partial charge in [0.05, 0.1) is 4.47 Å². The van der Waals surface area contributed by atoms with Gasteiger partial charge in [-0.3, -0.25) is 0 Å². The van der Waals surface area contributed by atoms with Crippen molar-refractivity contribution in [2.45, 2.75) is 33.2 Å². The molecule has 0 unspecified atom stereocenters. The van der Waals surface area contributed by atoms with Crippen LogP contribution in [0.25, 0.3) is 11.3 Å². The summed E-state index contributed by atoms with van der Waals surface area (Å²) in [5.41, 5.74) is 8.05. The van der Waals surface area contributed by atoms with Gasteiger partial charge in [0.1, 0.15) is 17.3 Å². The van der Waals surface area contributed by atoms with Gasteiger partial charge < -0.3 is 19.8 Å². The fourth-order valence-electron chi connectivity index (χ4n) is 2.57. The molecule has 0 atom stereocenters. The third-order valence-electron chi connectivity index (χ3n) is 3.55. The molecule has 3 rings (SSSR count). The number of nitrogen functional groups attached to an aromatic ring is 1.